The molecule has 0 fully saturated rings. The van der Waals surface area contributed by atoms with E-state index in [1.165, 1.54) is 0 Å². The van der Waals surface area contributed by atoms with Crippen LogP contribution in [0.1, 0.15) is 21.5 Å². The number of hydrogen-bond donors (Lipinski definition) is 0. The zero-order valence-electron chi connectivity index (χ0n) is 11.4. The Morgan fingerprint density at radius 2 is 1.52 bits per heavy atom. The van der Waals surface area contributed by atoms with Gasteiger partial charge in [-0.05, 0) is 48.2 Å². The second-order valence-electron chi connectivity index (χ2n) is 4.93. The Kier molecular flexibility index (Phi) is 3.71. The van der Waals surface area contributed by atoms with Crippen LogP contribution in [0.25, 0.3) is 10.8 Å². The Morgan fingerprint density at radius 3 is 2.24 bits per heavy atom. The number of hydrogen-bond acceptors (Lipinski definition) is 1. The predicted octanol–water partition coefficient (Wildman–Crippen LogP) is 5.69. The highest BCUT2D eigenvalue weighted by molar-refractivity contribution is 6.36. The van der Waals surface area contributed by atoms with Gasteiger partial charge >= 0.3 is 0 Å². The van der Waals surface area contributed by atoms with E-state index in [9.17, 15) is 4.79 Å². The lowest BCUT2D eigenvalue weighted by Gasteiger charge is -2.08. The molecular weight excluding hydrogens is 303 g/mol. The van der Waals surface area contributed by atoms with Crippen LogP contribution in [0.5, 0.6) is 0 Å². The first kappa shape index (κ1) is 14.1. The van der Waals surface area contributed by atoms with Crippen LogP contribution in [0.3, 0.4) is 0 Å². The molecule has 1 nitrogen and oxygen atoms in total. The maximum atomic E-state index is 12.7. The third kappa shape index (κ3) is 2.55. The average molecular weight is 315 g/mol. The van der Waals surface area contributed by atoms with Gasteiger partial charge in [0.1, 0.15) is 0 Å². The van der Waals surface area contributed by atoms with Crippen molar-refractivity contribution >= 4 is 39.8 Å². The third-order valence-electron chi connectivity index (χ3n) is 3.54. The van der Waals surface area contributed by atoms with Gasteiger partial charge in [0, 0.05) is 26.6 Å². The van der Waals surface area contributed by atoms with Crippen molar-refractivity contribution < 1.29 is 4.79 Å². The van der Waals surface area contributed by atoms with Gasteiger partial charge in [0.2, 0.25) is 0 Å². The molecule has 0 saturated carbocycles. The van der Waals surface area contributed by atoms with Gasteiger partial charge in [0.25, 0.3) is 0 Å². The summed E-state index contributed by atoms with van der Waals surface area (Å²) in [6, 6.07) is 16.5. The number of ketones is 1. The predicted molar refractivity (Wildman–Crippen MR) is 88.6 cm³/mol. The zero-order chi connectivity index (χ0) is 15.0. The fourth-order valence-electron chi connectivity index (χ4n) is 2.40. The molecule has 0 aliphatic rings. The topological polar surface area (TPSA) is 17.1 Å². The van der Waals surface area contributed by atoms with Crippen LogP contribution < -0.4 is 0 Å². The molecule has 3 aromatic carbocycles. The molecule has 0 N–H and O–H groups in total. The quantitative estimate of drug-likeness (QED) is 0.556. The first-order chi connectivity index (χ1) is 10.1. The molecule has 3 heteroatoms. The third-order valence-corrected chi connectivity index (χ3v) is 4.29. The number of fused-ring (bicyclic) bond motifs is 1. The summed E-state index contributed by atoms with van der Waals surface area (Å²) in [7, 11) is 0. The minimum Gasteiger partial charge on any atom is -0.289 e. The summed E-state index contributed by atoms with van der Waals surface area (Å²) in [5.74, 6) is -0.0253. The lowest BCUT2D eigenvalue weighted by atomic mass is 9.96. The molecule has 0 aromatic heterocycles. The summed E-state index contributed by atoms with van der Waals surface area (Å²) in [6.07, 6.45) is 0. The maximum Gasteiger partial charge on any atom is 0.193 e. The molecule has 0 heterocycles. The lowest BCUT2D eigenvalue weighted by molar-refractivity contribution is 0.104. The van der Waals surface area contributed by atoms with Gasteiger partial charge in [-0.3, -0.25) is 4.79 Å². The van der Waals surface area contributed by atoms with Crippen LogP contribution in [0.15, 0.2) is 54.6 Å². The Bertz CT molecular complexity index is 853. The highest BCUT2D eigenvalue weighted by Crippen LogP contribution is 2.28. The molecular formula is C18H12Cl2O. The summed E-state index contributed by atoms with van der Waals surface area (Å²) < 4.78 is 0. The van der Waals surface area contributed by atoms with Crippen molar-refractivity contribution in [1.29, 1.82) is 0 Å². The van der Waals surface area contributed by atoms with E-state index in [1.54, 1.807) is 24.3 Å². The molecule has 0 unspecified atom stereocenters. The van der Waals surface area contributed by atoms with Crippen LogP contribution >= 0.6 is 23.2 Å². The molecule has 0 aliphatic carbocycles. The summed E-state index contributed by atoms with van der Waals surface area (Å²) >= 11 is 12.2. The van der Waals surface area contributed by atoms with Crippen LogP contribution in [0, 0.1) is 6.92 Å². The number of carbonyl (C=O) groups is 1. The molecule has 3 rings (SSSR count). The summed E-state index contributed by atoms with van der Waals surface area (Å²) in [5.41, 5.74) is 2.17. The highest BCUT2D eigenvalue weighted by atomic mass is 35.5. The van der Waals surface area contributed by atoms with Crippen LogP contribution in [-0.2, 0) is 0 Å². The number of halogens is 2. The van der Waals surface area contributed by atoms with E-state index in [2.05, 4.69) is 0 Å². The Morgan fingerprint density at radius 1 is 0.857 bits per heavy atom. The first-order valence-electron chi connectivity index (χ1n) is 6.56. The van der Waals surface area contributed by atoms with Gasteiger partial charge in [0.15, 0.2) is 5.78 Å². The monoisotopic (exact) mass is 314 g/mol. The van der Waals surface area contributed by atoms with E-state index in [1.807, 2.05) is 37.3 Å². The van der Waals surface area contributed by atoms with Crippen LogP contribution in [-0.4, -0.2) is 5.78 Å². The zero-order valence-corrected chi connectivity index (χ0v) is 12.9. The number of benzene rings is 3. The number of aryl methyl sites for hydroxylation is 1. The summed E-state index contributed by atoms with van der Waals surface area (Å²) in [4.78, 5) is 12.7. The fraction of sp³-hybridized carbons (Fsp3) is 0.0556. The second kappa shape index (κ2) is 5.51. The molecule has 0 radical (unpaired) electrons. The molecule has 3 aromatic rings. The standard InChI is InChI=1S/C18H12Cl2O/c1-11-10-12(6-8-16(11)19)18(21)15-7-9-17(20)14-5-3-2-4-13(14)15/h2-10H,1H3. The Balaban J connectivity index is 2.18. The Hall–Kier alpha value is -1.83. The Labute approximate surface area is 133 Å². The molecule has 0 atom stereocenters. The van der Waals surface area contributed by atoms with Crippen molar-refractivity contribution in [3.8, 4) is 0 Å². The van der Waals surface area contributed by atoms with Gasteiger partial charge in [0.05, 0.1) is 0 Å². The minimum atomic E-state index is -0.0253. The van der Waals surface area contributed by atoms with Crippen LogP contribution in [0.4, 0.5) is 0 Å². The van der Waals surface area contributed by atoms with Crippen molar-refractivity contribution in [3.05, 3.63) is 81.3 Å². The van der Waals surface area contributed by atoms with E-state index in [0.717, 1.165) is 16.3 Å². The smallest absolute Gasteiger partial charge is 0.193 e. The van der Waals surface area contributed by atoms with E-state index < -0.39 is 0 Å². The van der Waals surface area contributed by atoms with E-state index >= 15 is 0 Å². The average Bonchev–Trinajstić information content (AvgIpc) is 2.50. The first-order valence-corrected chi connectivity index (χ1v) is 7.31. The van der Waals surface area contributed by atoms with Crippen molar-refractivity contribution in [2.75, 3.05) is 0 Å². The maximum absolute atomic E-state index is 12.7. The summed E-state index contributed by atoms with van der Waals surface area (Å²) in [6.45, 7) is 1.89. The van der Waals surface area contributed by atoms with Gasteiger partial charge in [-0.25, -0.2) is 0 Å². The van der Waals surface area contributed by atoms with Gasteiger partial charge in [-0.1, -0.05) is 47.5 Å². The van der Waals surface area contributed by atoms with E-state index in [0.29, 0.717) is 21.2 Å². The van der Waals surface area contributed by atoms with Gasteiger partial charge in [-0.2, -0.15) is 0 Å². The molecule has 0 amide bonds. The molecule has 21 heavy (non-hydrogen) atoms. The normalized spacial score (nSPS) is 10.8. The minimum absolute atomic E-state index is 0.0253. The lowest BCUT2D eigenvalue weighted by Crippen LogP contribution is -2.02. The van der Waals surface area contributed by atoms with Crippen molar-refractivity contribution in [2.45, 2.75) is 6.92 Å². The molecule has 0 saturated heterocycles. The van der Waals surface area contributed by atoms with E-state index in [-0.39, 0.29) is 5.78 Å². The SMILES string of the molecule is Cc1cc(C(=O)c2ccc(Cl)c3ccccc23)ccc1Cl. The van der Waals surface area contributed by atoms with Crippen LogP contribution in [0.2, 0.25) is 10.0 Å². The number of rotatable bonds is 2. The number of carbonyl (C=O) groups excluding carboxylic acids is 1. The van der Waals surface area contributed by atoms with Crippen molar-refractivity contribution in [1.82, 2.24) is 0 Å². The molecule has 0 spiro atoms. The summed E-state index contributed by atoms with van der Waals surface area (Å²) in [5, 5.41) is 3.06. The highest BCUT2D eigenvalue weighted by Gasteiger charge is 2.14. The van der Waals surface area contributed by atoms with Gasteiger partial charge < -0.3 is 0 Å². The fourth-order valence-corrected chi connectivity index (χ4v) is 2.75. The molecule has 104 valence electrons. The van der Waals surface area contributed by atoms with Crippen molar-refractivity contribution in [3.63, 3.8) is 0 Å². The second-order valence-corrected chi connectivity index (χ2v) is 5.75. The molecule has 0 bridgehead atoms. The van der Waals surface area contributed by atoms with E-state index in [4.69, 9.17) is 23.2 Å². The molecule has 0 aliphatic heterocycles. The largest absolute Gasteiger partial charge is 0.289 e. The van der Waals surface area contributed by atoms with Crippen molar-refractivity contribution in [2.24, 2.45) is 0 Å². The van der Waals surface area contributed by atoms with Gasteiger partial charge in [-0.15, -0.1) is 0 Å².